The molecule has 0 aromatic heterocycles. The van der Waals surface area contributed by atoms with Crippen molar-refractivity contribution in [1.29, 1.82) is 0 Å². The predicted molar refractivity (Wildman–Crippen MR) is 81.3 cm³/mol. The summed E-state index contributed by atoms with van der Waals surface area (Å²) in [6.07, 6.45) is 1.62. The summed E-state index contributed by atoms with van der Waals surface area (Å²) in [5, 5.41) is 2.81. The molecule has 0 spiro atoms. The van der Waals surface area contributed by atoms with Crippen LogP contribution >= 0.6 is 0 Å². The van der Waals surface area contributed by atoms with E-state index in [2.05, 4.69) is 10.0 Å². The third-order valence-electron chi connectivity index (χ3n) is 3.10. The van der Waals surface area contributed by atoms with Crippen molar-refractivity contribution >= 4 is 21.6 Å². The second kappa shape index (κ2) is 7.40. The Morgan fingerprint density at radius 3 is 2.10 bits per heavy atom. The summed E-state index contributed by atoms with van der Waals surface area (Å²) in [5.41, 5.74) is 2.91. The van der Waals surface area contributed by atoms with Crippen LogP contribution in [0.1, 0.15) is 31.9 Å². The molecule has 2 N–H and O–H groups in total. The van der Waals surface area contributed by atoms with Gasteiger partial charge in [0.05, 0.1) is 12.3 Å². The molecule has 0 atom stereocenters. The molecule has 0 aliphatic carbocycles. The molecule has 6 heteroatoms. The summed E-state index contributed by atoms with van der Waals surface area (Å²) in [5.74, 6) is -0.385. The molecule has 0 saturated heterocycles. The molecule has 1 amide bonds. The van der Waals surface area contributed by atoms with Gasteiger partial charge in [-0.25, -0.2) is 13.1 Å². The number of carbonyl (C=O) groups excluding carboxylic acids is 1. The first-order chi connectivity index (χ1) is 9.43. The first-order valence-electron chi connectivity index (χ1n) is 6.81. The summed E-state index contributed by atoms with van der Waals surface area (Å²) in [4.78, 5) is 11.9. The molecule has 1 aromatic rings. The van der Waals surface area contributed by atoms with Gasteiger partial charge in [0.2, 0.25) is 15.9 Å². The van der Waals surface area contributed by atoms with Crippen LogP contribution in [0.2, 0.25) is 0 Å². The van der Waals surface area contributed by atoms with Crippen molar-refractivity contribution in [2.24, 2.45) is 0 Å². The number of benzene rings is 1. The zero-order chi connectivity index (χ0) is 15.2. The van der Waals surface area contributed by atoms with Gasteiger partial charge in [-0.3, -0.25) is 4.79 Å². The van der Waals surface area contributed by atoms with Gasteiger partial charge in [-0.2, -0.15) is 0 Å². The fourth-order valence-electron chi connectivity index (χ4n) is 1.86. The van der Waals surface area contributed by atoms with E-state index in [0.29, 0.717) is 0 Å². The van der Waals surface area contributed by atoms with Gasteiger partial charge in [-0.05, 0) is 30.9 Å². The highest BCUT2D eigenvalue weighted by atomic mass is 32.2. The Labute approximate surface area is 120 Å². The molecule has 0 saturated carbocycles. The molecular formula is C14H22N2O3S. The van der Waals surface area contributed by atoms with Crippen molar-refractivity contribution in [2.75, 3.05) is 17.6 Å². The van der Waals surface area contributed by atoms with Crippen LogP contribution in [-0.2, 0) is 27.7 Å². The molecule has 20 heavy (non-hydrogen) atoms. The second-order valence-electron chi connectivity index (χ2n) is 4.43. The molecule has 0 aliphatic rings. The van der Waals surface area contributed by atoms with E-state index in [4.69, 9.17) is 0 Å². The predicted octanol–water partition coefficient (Wildman–Crippen LogP) is 1.69. The van der Waals surface area contributed by atoms with E-state index in [0.717, 1.165) is 29.7 Å². The molecular weight excluding hydrogens is 276 g/mol. The van der Waals surface area contributed by atoms with Gasteiger partial charge in [0.15, 0.2) is 0 Å². The van der Waals surface area contributed by atoms with Gasteiger partial charge in [-0.15, -0.1) is 0 Å². The molecule has 1 aromatic carbocycles. The van der Waals surface area contributed by atoms with Crippen LogP contribution in [0, 0.1) is 0 Å². The van der Waals surface area contributed by atoms with Gasteiger partial charge in [-0.1, -0.05) is 32.0 Å². The summed E-state index contributed by atoms with van der Waals surface area (Å²) in [6.45, 7) is 5.33. The van der Waals surface area contributed by atoms with E-state index in [1.807, 2.05) is 32.0 Å². The molecule has 0 heterocycles. The molecule has 0 radical (unpaired) electrons. The maximum absolute atomic E-state index is 11.9. The number of hydrogen-bond acceptors (Lipinski definition) is 3. The standard InChI is InChI=1S/C14H22N2O3S/c1-4-11-8-7-9-12(5-2)14(11)16-13(17)10-15-20(18,19)6-3/h7-9,15H,4-6,10H2,1-3H3,(H,16,17). The lowest BCUT2D eigenvalue weighted by atomic mass is 10.0. The first-order valence-corrected chi connectivity index (χ1v) is 8.46. The average Bonchev–Trinajstić information content (AvgIpc) is 2.45. The fraction of sp³-hybridized carbons (Fsp3) is 0.500. The van der Waals surface area contributed by atoms with Crippen molar-refractivity contribution in [2.45, 2.75) is 33.6 Å². The Hall–Kier alpha value is -1.40. The normalized spacial score (nSPS) is 11.3. The van der Waals surface area contributed by atoms with Gasteiger partial charge in [0.1, 0.15) is 0 Å². The van der Waals surface area contributed by atoms with Gasteiger partial charge < -0.3 is 5.32 Å². The molecule has 0 bridgehead atoms. The number of rotatable bonds is 7. The van der Waals surface area contributed by atoms with E-state index in [-0.39, 0.29) is 18.2 Å². The Bertz CT molecular complexity index is 546. The lowest BCUT2D eigenvalue weighted by Crippen LogP contribution is -2.34. The van der Waals surface area contributed by atoms with Crippen molar-refractivity contribution in [3.63, 3.8) is 0 Å². The van der Waals surface area contributed by atoms with Crippen LogP contribution in [-0.4, -0.2) is 26.6 Å². The maximum Gasteiger partial charge on any atom is 0.239 e. The zero-order valence-corrected chi connectivity index (χ0v) is 13.0. The van der Waals surface area contributed by atoms with E-state index in [1.165, 1.54) is 6.92 Å². The zero-order valence-electron chi connectivity index (χ0n) is 12.2. The van der Waals surface area contributed by atoms with Crippen LogP contribution < -0.4 is 10.0 Å². The highest BCUT2D eigenvalue weighted by molar-refractivity contribution is 7.89. The smallest absolute Gasteiger partial charge is 0.239 e. The number of aryl methyl sites for hydroxylation is 2. The second-order valence-corrected chi connectivity index (χ2v) is 6.53. The number of para-hydroxylation sites is 1. The van der Waals surface area contributed by atoms with E-state index in [9.17, 15) is 13.2 Å². The van der Waals surface area contributed by atoms with Crippen molar-refractivity contribution in [3.8, 4) is 0 Å². The number of amides is 1. The van der Waals surface area contributed by atoms with Crippen LogP contribution in [0.4, 0.5) is 5.69 Å². The number of carbonyl (C=O) groups is 1. The van der Waals surface area contributed by atoms with Crippen molar-refractivity contribution in [3.05, 3.63) is 29.3 Å². The van der Waals surface area contributed by atoms with Gasteiger partial charge >= 0.3 is 0 Å². The summed E-state index contributed by atoms with van der Waals surface area (Å²) < 4.78 is 24.9. The third kappa shape index (κ3) is 4.61. The lowest BCUT2D eigenvalue weighted by Gasteiger charge is -2.14. The van der Waals surface area contributed by atoms with Crippen molar-refractivity contribution < 1.29 is 13.2 Å². The maximum atomic E-state index is 11.9. The Balaban J connectivity index is 2.80. The quantitative estimate of drug-likeness (QED) is 0.804. The Morgan fingerprint density at radius 2 is 1.65 bits per heavy atom. The summed E-state index contributed by atoms with van der Waals surface area (Å²) in [7, 11) is -3.35. The Kier molecular flexibility index (Phi) is 6.16. The van der Waals surface area contributed by atoms with Crippen molar-refractivity contribution in [1.82, 2.24) is 4.72 Å². The minimum atomic E-state index is -3.35. The molecule has 0 fully saturated rings. The number of hydrogen-bond donors (Lipinski definition) is 2. The highest BCUT2D eigenvalue weighted by Crippen LogP contribution is 2.22. The minimum absolute atomic E-state index is 0.0357. The SMILES string of the molecule is CCc1cccc(CC)c1NC(=O)CNS(=O)(=O)CC. The number of nitrogens with one attached hydrogen (secondary N) is 2. The van der Waals surface area contributed by atoms with Gasteiger partial charge in [0, 0.05) is 5.69 Å². The van der Waals surface area contributed by atoms with Crippen LogP contribution in [0.5, 0.6) is 0 Å². The summed E-state index contributed by atoms with van der Waals surface area (Å²) in [6, 6.07) is 5.89. The van der Waals surface area contributed by atoms with E-state index < -0.39 is 10.0 Å². The summed E-state index contributed by atoms with van der Waals surface area (Å²) >= 11 is 0. The number of anilines is 1. The third-order valence-corrected chi connectivity index (χ3v) is 4.44. The largest absolute Gasteiger partial charge is 0.324 e. The average molecular weight is 298 g/mol. The first kappa shape index (κ1) is 16.7. The molecule has 0 aliphatic heterocycles. The minimum Gasteiger partial charge on any atom is -0.324 e. The Morgan fingerprint density at radius 1 is 1.10 bits per heavy atom. The van der Waals surface area contributed by atoms with Crippen LogP contribution in [0.15, 0.2) is 18.2 Å². The fourth-order valence-corrected chi connectivity index (χ4v) is 2.42. The molecule has 0 unspecified atom stereocenters. The number of sulfonamides is 1. The van der Waals surface area contributed by atoms with E-state index >= 15 is 0 Å². The molecule has 1 rings (SSSR count). The van der Waals surface area contributed by atoms with Crippen LogP contribution in [0.3, 0.4) is 0 Å². The molecule has 5 nitrogen and oxygen atoms in total. The van der Waals surface area contributed by atoms with Crippen LogP contribution in [0.25, 0.3) is 0 Å². The topological polar surface area (TPSA) is 75.3 Å². The lowest BCUT2D eigenvalue weighted by molar-refractivity contribution is -0.115. The highest BCUT2D eigenvalue weighted by Gasteiger charge is 2.12. The van der Waals surface area contributed by atoms with E-state index in [1.54, 1.807) is 0 Å². The monoisotopic (exact) mass is 298 g/mol. The molecule has 112 valence electrons. The van der Waals surface area contributed by atoms with Gasteiger partial charge in [0.25, 0.3) is 0 Å².